The van der Waals surface area contributed by atoms with Crippen LogP contribution in [-0.4, -0.2) is 23.8 Å². The predicted octanol–water partition coefficient (Wildman–Crippen LogP) is 1.55. The molecule has 0 saturated heterocycles. The summed E-state index contributed by atoms with van der Waals surface area (Å²) in [5.74, 6) is 0.927. The molecular formula is C6H11IN2O2S. The van der Waals surface area contributed by atoms with Crippen LogP contribution in [0, 0.1) is 0 Å². The van der Waals surface area contributed by atoms with Gasteiger partial charge >= 0.3 is 0 Å². The molecule has 0 spiro atoms. The van der Waals surface area contributed by atoms with E-state index in [1.54, 1.807) is 23.0 Å². The first kappa shape index (κ1) is 12.2. The smallest absolute Gasteiger partial charge is 0.230 e. The molecule has 0 rings (SSSR count). The molecule has 0 radical (unpaired) electrons. The van der Waals surface area contributed by atoms with Crippen LogP contribution >= 0.6 is 35.0 Å². The average Bonchev–Trinajstić information content (AvgIpc) is 2.04. The summed E-state index contributed by atoms with van der Waals surface area (Å²) in [5.41, 5.74) is 0. The van der Waals surface area contributed by atoms with E-state index in [-0.39, 0.29) is 11.8 Å². The molecule has 1 unspecified atom stereocenters. The first-order valence-corrected chi connectivity index (χ1v) is 5.28. The first-order valence-electron chi connectivity index (χ1n) is 3.41. The van der Waals surface area contributed by atoms with Crippen LogP contribution in [0.1, 0.15) is 13.8 Å². The lowest BCUT2D eigenvalue weighted by Crippen LogP contribution is -2.32. The lowest BCUT2D eigenvalue weighted by atomic mass is 10.2. The normalized spacial score (nSPS) is 13.2. The summed E-state index contributed by atoms with van der Waals surface area (Å²) in [6, 6.07) is -0.357. The summed E-state index contributed by atoms with van der Waals surface area (Å²) in [7, 11) is 0. The highest BCUT2D eigenvalue weighted by Crippen LogP contribution is 1.96. The molecule has 1 N–H and O–H groups in total. The Kier molecular flexibility index (Phi) is 7.93. The lowest BCUT2D eigenvalue weighted by Gasteiger charge is -2.07. The molecule has 4 nitrogen and oxygen atoms in total. The van der Waals surface area contributed by atoms with Crippen molar-refractivity contribution < 1.29 is 7.96 Å². The standard InChI is InChI=1S/C6H11IN2O2S/c1-3-12-9-6(5(2)10)4-8-11-7/h4,6,9H,3H2,1-2H3. The second kappa shape index (κ2) is 7.81. The molecule has 0 aromatic carbocycles. The number of hydrogen-bond acceptors (Lipinski definition) is 5. The van der Waals surface area contributed by atoms with E-state index in [0.717, 1.165) is 5.75 Å². The van der Waals surface area contributed by atoms with E-state index in [0.29, 0.717) is 0 Å². The Morgan fingerprint density at radius 2 is 2.58 bits per heavy atom. The maximum atomic E-state index is 10.9. The third-order valence-electron chi connectivity index (χ3n) is 1.04. The van der Waals surface area contributed by atoms with Crippen LogP contribution in [0.5, 0.6) is 0 Å². The number of carbonyl (C=O) groups excluding carboxylic acids is 1. The molecule has 0 amide bonds. The highest BCUT2D eigenvalue weighted by Gasteiger charge is 2.09. The molecule has 0 aromatic heterocycles. The van der Waals surface area contributed by atoms with E-state index in [4.69, 9.17) is 0 Å². The maximum absolute atomic E-state index is 10.9. The fraction of sp³-hybridized carbons (Fsp3) is 0.667. The van der Waals surface area contributed by atoms with E-state index in [2.05, 4.69) is 13.0 Å². The number of halogens is 1. The molecule has 12 heavy (non-hydrogen) atoms. The third-order valence-corrected chi connectivity index (χ3v) is 1.98. The van der Waals surface area contributed by atoms with Crippen molar-refractivity contribution in [2.45, 2.75) is 19.9 Å². The van der Waals surface area contributed by atoms with Gasteiger partial charge in [-0.3, -0.25) is 4.79 Å². The van der Waals surface area contributed by atoms with Crippen LogP contribution in [0.15, 0.2) is 5.16 Å². The Balaban J connectivity index is 3.86. The highest BCUT2D eigenvalue weighted by molar-refractivity contribution is 14.1. The zero-order chi connectivity index (χ0) is 9.40. The molecule has 0 aromatic rings. The van der Waals surface area contributed by atoms with Crippen molar-refractivity contribution in [3.63, 3.8) is 0 Å². The minimum Gasteiger partial charge on any atom is -0.327 e. The SMILES string of the molecule is CCSNC(C=NOI)C(C)=O. The van der Waals surface area contributed by atoms with Crippen molar-refractivity contribution in [2.75, 3.05) is 5.75 Å². The van der Waals surface area contributed by atoms with Crippen molar-refractivity contribution >= 4 is 47.0 Å². The largest absolute Gasteiger partial charge is 0.327 e. The second-order valence-electron chi connectivity index (χ2n) is 1.96. The van der Waals surface area contributed by atoms with Gasteiger partial charge in [-0.2, -0.15) is 0 Å². The number of Topliss-reactive ketones (excluding diaryl/α,β-unsaturated/α-hetero) is 1. The number of hydrogen-bond donors (Lipinski definition) is 1. The van der Waals surface area contributed by atoms with E-state index >= 15 is 0 Å². The number of oxime groups is 1. The topological polar surface area (TPSA) is 50.7 Å². The molecule has 0 bridgehead atoms. The van der Waals surface area contributed by atoms with Crippen molar-refractivity contribution in [1.29, 1.82) is 0 Å². The number of ketones is 1. The molecule has 0 heterocycles. The summed E-state index contributed by atoms with van der Waals surface area (Å²) in [6.45, 7) is 3.51. The second-order valence-corrected chi connectivity index (χ2v) is 3.46. The van der Waals surface area contributed by atoms with Gasteiger partial charge in [0.15, 0.2) is 5.78 Å². The molecule has 0 aliphatic rings. The van der Waals surface area contributed by atoms with E-state index in [1.807, 2.05) is 6.92 Å². The number of rotatable bonds is 6. The third kappa shape index (κ3) is 5.78. The van der Waals surface area contributed by atoms with E-state index in [9.17, 15) is 4.79 Å². The van der Waals surface area contributed by atoms with Crippen molar-refractivity contribution in [3.05, 3.63) is 0 Å². The van der Waals surface area contributed by atoms with Gasteiger partial charge in [-0.05, 0) is 6.92 Å². The molecule has 0 aliphatic heterocycles. The van der Waals surface area contributed by atoms with Gasteiger partial charge in [0.05, 0.1) is 6.21 Å². The highest BCUT2D eigenvalue weighted by atomic mass is 127. The summed E-state index contributed by atoms with van der Waals surface area (Å²) in [6.07, 6.45) is 1.44. The number of nitrogens with zero attached hydrogens (tertiary/aromatic N) is 1. The molecule has 70 valence electrons. The van der Waals surface area contributed by atoms with E-state index < -0.39 is 0 Å². The molecule has 0 saturated carbocycles. The van der Waals surface area contributed by atoms with Gasteiger partial charge < -0.3 is 3.17 Å². The summed E-state index contributed by atoms with van der Waals surface area (Å²) in [4.78, 5) is 10.9. The summed E-state index contributed by atoms with van der Waals surface area (Å²) in [5, 5.41) is 3.51. The van der Waals surface area contributed by atoms with Crippen molar-refractivity contribution in [3.8, 4) is 0 Å². The molecule has 1 atom stereocenters. The molecule has 0 aliphatic carbocycles. The van der Waals surface area contributed by atoms with Crippen LogP contribution in [0.4, 0.5) is 0 Å². The Hall–Kier alpha value is 0.180. The predicted molar refractivity (Wildman–Crippen MR) is 59.3 cm³/mol. The van der Waals surface area contributed by atoms with Gasteiger partial charge in [0, 0.05) is 5.75 Å². The van der Waals surface area contributed by atoms with Crippen LogP contribution in [-0.2, 0) is 7.96 Å². The number of nitrogens with one attached hydrogen (secondary N) is 1. The van der Waals surface area contributed by atoms with Crippen LogP contribution in [0.3, 0.4) is 0 Å². The number of carbonyl (C=O) groups is 1. The zero-order valence-electron chi connectivity index (χ0n) is 6.91. The van der Waals surface area contributed by atoms with Gasteiger partial charge in [-0.1, -0.05) is 24.0 Å². The van der Waals surface area contributed by atoms with Crippen LogP contribution < -0.4 is 4.72 Å². The minimum atomic E-state index is -0.357. The quantitative estimate of drug-likeness (QED) is 0.350. The van der Waals surface area contributed by atoms with E-state index in [1.165, 1.54) is 25.1 Å². The Morgan fingerprint density at radius 1 is 1.92 bits per heavy atom. The van der Waals surface area contributed by atoms with Crippen molar-refractivity contribution in [1.82, 2.24) is 4.72 Å². The van der Waals surface area contributed by atoms with Gasteiger partial charge in [-0.25, -0.2) is 4.72 Å². The van der Waals surface area contributed by atoms with Crippen molar-refractivity contribution in [2.24, 2.45) is 5.16 Å². The van der Waals surface area contributed by atoms with Gasteiger partial charge in [0.2, 0.25) is 23.0 Å². The lowest BCUT2D eigenvalue weighted by molar-refractivity contribution is -0.117. The Morgan fingerprint density at radius 3 is 3.00 bits per heavy atom. The Labute approximate surface area is 90.3 Å². The average molecular weight is 302 g/mol. The fourth-order valence-electron chi connectivity index (χ4n) is 0.475. The molecule has 0 fully saturated rings. The maximum Gasteiger partial charge on any atom is 0.230 e. The van der Waals surface area contributed by atoms with Crippen LogP contribution in [0.25, 0.3) is 0 Å². The summed E-state index contributed by atoms with van der Waals surface area (Å²) >= 11 is 3.11. The first-order chi connectivity index (χ1) is 5.72. The monoisotopic (exact) mass is 302 g/mol. The minimum absolute atomic E-state index is 0.0214. The summed E-state index contributed by atoms with van der Waals surface area (Å²) < 4.78 is 7.38. The zero-order valence-corrected chi connectivity index (χ0v) is 9.89. The Bertz CT molecular complexity index is 166. The molecule has 6 heteroatoms. The van der Waals surface area contributed by atoms with Gasteiger partial charge in [-0.15, -0.1) is 0 Å². The molecular weight excluding hydrogens is 291 g/mol. The fourth-order valence-corrected chi connectivity index (χ4v) is 1.18. The van der Waals surface area contributed by atoms with Gasteiger partial charge in [0.1, 0.15) is 6.04 Å². The van der Waals surface area contributed by atoms with Gasteiger partial charge in [0.25, 0.3) is 0 Å². The van der Waals surface area contributed by atoms with Crippen LogP contribution in [0.2, 0.25) is 0 Å².